The summed E-state index contributed by atoms with van der Waals surface area (Å²) in [6, 6.07) is 4.48. The maximum atomic E-state index is 13.0. The Labute approximate surface area is 168 Å². The molecule has 4 aliphatic rings. The van der Waals surface area contributed by atoms with Crippen LogP contribution < -0.4 is 10.6 Å². The summed E-state index contributed by atoms with van der Waals surface area (Å²) in [5, 5.41) is 5.71. The van der Waals surface area contributed by atoms with Crippen LogP contribution in [0.5, 0.6) is 0 Å². The van der Waals surface area contributed by atoms with Gasteiger partial charge in [-0.3, -0.25) is 34.3 Å². The van der Waals surface area contributed by atoms with Gasteiger partial charge in [-0.05, 0) is 55.5 Å². The van der Waals surface area contributed by atoms with E-state index in [0.29, 0.717) is 23.0 Å². The Bertz CT molecular complexity index is 902. The number of fused-ring (bicyclic) bond motifs is 3. The van der Waals surface area contributed by atoms with Gasteiger partial charge in [-0.15, -0.1) is 0 Å². The molecule has 0 aliphatic carbocycles. The van der Waals surface area contributed by atoms with E-state index in [-0.39, 0.29) is 18.7 Å². The molecule has 3 fully saturated rings. The molecule has 2 N–H and O–H groups in total. The van der Waals surface area contributed by atoms with Crippen LogP contribution in [0.2, 0.25) is 0 Å². The van der Waals surface area contributed by atoms with Gasteiger partial charge in [0.2, 0.25) is 11.8 Å². The predicted octanol–water partition coefficient (Wildman–Crippen LogP) is 0.129. The van der Waals surface area contributed by atoms with Gasteiger partial charge in [-0.25, -0.2) is 0 Å². The lowest BCUT2D eigenvalue weighted by Crippen LogP contribution is -2.54. The van der Waals surface area contributed by atoms with Crippen molar-refractivity contribution in [1.82, 2.24) is 20.4 Å². The van der Waals surface area contributed by atoms with Crippen LogP contribution in [0.4, 0.5) is 0 Å². The predicted molar refractivity (Wildman–Crippen MR) is 103 cm³/mol. The molecule has 0 aromatic heterocycles. The highest BCUT2D eigenvalue weighted by Crippen LogP contribution is 2.30. The van der Waals surface area contributed by atoms with Gasteiger partial charge in [0, 0.05) is 26.1 Å². The lowest BCUT2D eigenvalue weighted by molar-refractivity contribution is -0.136. The highest BCUT2D eigenvalue weighted by Gasteiger charge is 2.44. The Morgan fingerprint density at radius 3 is 2.41 bits per heavy atom. The van der Waals surface area contributed by atoms with Crippen molar-refractivity contribution < 1.29 is 19.2 Å². The largest absolute Gasteiger partial charge is 0.316 e. The van der Waals surface area contributed by atoms with Gasteiger partial charge in [0.05, 0.1) is 11.1 Å². The van der Waals surface area contributed by atoms with Crippen molar-refractivity contribution >= 4 is 23.6 Å². The number of piperidine rings is 3. The van der Waals surface area contributed by atoms with Gasteiger partial charge in [0.25, 0.3) is 11.8 Å². The zero-order valence-corrected chi connectivity index (χ0v) is 16.1. The van der Waals surface area contributed by atoms with E-state index in [2.05, 4.69) is 15.5 Å². The number of rotatable bonds is 3. The molecule has 8 nitrogen and oxygen atoms in total. The number of likely N-dealkylation sites (tertiary alicyclic amines) is 1. The molecule has 1 aromatic rings. The van der Waals surface area contributed by atoms with Crippen molar-refractivity contribution in [3.8, 4) is 0 Å². The van der Waals surface area contributed by atoms with E-state index in [1.807, 2.05) is 6.07 Å². The van der Waals surface area contributed by atoms with Gasteiger partial charge in [0.1, 0.15) is 6.04 Å². The summed E-state index contributed by atoms with van der Waals surface area (Å²) >= 11 is 0. The monoisotopic (exact) mass is 396 g/mol. The van der Waals surface area contributed by atoms with Crippen LogP contribution >= 0.6 is 0 Å². The second kappa shape index (κ2) is 7.03. The summed E-state index contributed by atoms with van der Waals surface area (Å²) in [5.74, 6) is -0.506. The normalized spacial score (nSPS) is 29.8. The van der Waals surface area contributed by atoms with Crippen molar-refractivity contribution in [3.63, 3.8) is 0 Å². The molecule has 29 heavy (non-hydrogen) atoms. The van der Waals surface area contributed by atoms with Crippen LogP contribution in [0.1, 0.15) is 45.5 Å². The average molecular weight is 396 g/mol. The van der Waals surface area contributed by atoms with Crippen LogP contribution in [0.3, 0.4) is 0 Å². The number of benzene rings is 1. The Morgan fingerprint density at radius 1 is 0.966 bits per heavy atom. The fourth-order valence-corrected chi connectivity index (χ4v) is 5.22. The van der Waals surface area contributed by atoms with E-state index >= 15 is 0 Å². The van der Waals surface area contributed by atoms with Crippen molar-refractivity contribution in [2.75, 3.05) is 26.2 Å². The van der Waals surface area contributed by atoms with Crippen molar-refractivity contribution in [2.45, 2.75) is 31.8 Å². The van der Waals surface area contributed by atoms with Crippen molar-refractivity contribution in [2.24, 2.45) is 11.8 Å². The first kappa shape index (κ1) is 18.4. The van der Waals surface area contributed by atoms with Gasteiger partial charge in [0.15, 0.2) is 0 Å². The number of nitrogens with zero attached hydrogens (tertiary/aromatic N) is 2. The maximum absolute atomic E-state index is 13.0. The van der Waals surface area contributed by atoms with E-state index < -0.39 is 23.8 Å². The summed E-state index contributed by atoms with van der Waals surface area (Å²) in [6.07, 6.45) is 1.58. The molecule has 2 bridgehead atoms. The topological polar surface area (TPSA) is 98.8 Å². The molecule has 3 unspecified atom stereocenters. The SMILES string of the molecule is O=C1CCC(N2C(=O)c3ccc(CN4CC5CNCC(C5)C4)cc3C2=O)C(=O)N1. The van der Waals surface area contributed by atoms with Gasteiger partial charge >= 0.3 is 0 Å². The summed E-state index contributed by atoms with van der Waals surface area (Å²) in [7, 11) is 0. The lowest BCUT2D eigenvalue weighted by Gasteiger charge is -2.41. The zero-order valence-electron chi connectivity index (χ0n) is 16.1. The second-order valence-corrected chi connectivity index (χ2v) is 8.65. The van der Waals surface area contributed by atoms with Crippen molar-refractivity contribution in [1.29, 1.82) is 0 Å². The van der Waals surface area contributed by atoms with Crippen molar-refractivity contribution in [3.05, 3.63) is 34.9 Å². The van der Waals surface area contributed by atoms with E-state index in [0.717, 1.165) is 43.2 Å². The lowest BCUT2D eigenvalue weighted by atomic mass is 9.85. The molecule has 0 spiro atoms. The number of nitrogens with one attached hydrogen (secondary N) is 2. The Morgan fingerprint density at radius 2 is 1.69 bits per heavy atom. The molecule has 152 valence electrons. The Hall–Kier alpha value is -2.58. The van der Waals surface area contributed by atoms with Gasteiger partial charge in [-0.1, -0.05) is 6.07 Å². The highest BCUT2D eigenvalue weighted by molar-refractivity contribution is 6.23. The first-order valence-electron chi connectivity index (χ1n) is 10.3. The summed E-state index contributed by atoms with van der Waals surface area (Å²) in [5.41, 5.74) is 1.70. The van der Waals surface area contributed by atoms with E-state index in [1.165, 1.54) is 6.42 Å². The minimum Gasteiger partial charge on any atom is -0.316 e. The quantitative estimate of drug-likeness (QED) is 0.705. The molecule has 3 atom stereocenters. The highest BCUT2D eigenvalue weighted by atomic mass is 16.2. The number of amides is 4. The third-order valence-electron chi connectivity index (χ3n) is 6.48. The number of imide groups is 2. The zero-order chi connectivity index (χ0) is 20.1. The smallest absolute Gasteiger partial charge is 0.262 e. The molecule has 4 aliphatic heterocycles. The first-order valence-corrected chi connectivity index (χ1v) is 10.3. The minimum atomic E-state index is -0.919. The third kappa shape index (κ3) is 3.26. The molecular weight excluding hydrogens is 372 g/mol. The molecule has 0 saturated carbocycles. The fourth-order valence-electron chi connectivity index (χ4n) is 5.22. The fraction of sp³-hybridized carbons (Fsp3) is 0.524. The van der Waals surface area contributed by atoms with Crippen LogP contribution in [-0.4, -0.2) is 65.6 Å². The summed E-state index contributed by atoms with van der Waals surface area (Å²) in [6.45, 7) is 4.95. The molecule has 5 rings (SSSR count). The van der Waals surface area contributed by atoms with E-state index in [4.69, 9.17) is 0 Å². The second-order valence-electron chi connectivity index (χ2n) is 8.65. The van der Waals surface area contributed by atoms with Crippen LogP contribution in [-0.2, 0) is 16.1 Å². The summed E-state index contributed by atoms with van der Waals surface area (Å²) in [4.78, 5) is 52.8. The third-order valence-corrected chi connectivity index (χ3v) is 6.48. The van der Waals surface area contributed by atoms with Crippen LogP contribution in [0.25, 0.3) is 0 Å². The van der Waals surface area contributed by atoms with Crippen LogP contribution in [0.15, 0.2) is 18.2 Å². The molecular formula is C21H24N4O4. The minimum absolute atomic E-state index is 0.126. The van der Waals surface area contributed by atoms with E-state index in [9.17, 15) is 19.2 Å². The molecule has 4 heterocycles. The maximum Gasteiger partial charge on any atom is 0.262 e. The average Bonchev–Trinajstić information content (AvgIpc) is 2.92. The molecule has 4 amide bonds. The number of carbonyl (C=O) groups excluding carboxylic acids is 4. The number of hydrogen-bond acceptors (Lipinski definition) is 6. The molecule has 8 heteroatoms. The molecule has 1 aromatic carbocycles. The van der Waals surface area contributed by atoms with Gasteiger partial charge in [-0.2, -0.15) is 0 Å². The summed E-state index contributed by atoms with van der Waals surface area (Å²) < 4.78 is 0. The van der Waals surface area contributed by atoms with Crippen LogP contribution in [0, 0.1) is 11.8 Å². The first-order chi connectivity index (χ1) is 14.0. The Balaban J connectivity index is 1.34. The number of hydrogen-bond donors (Lipinski definition) is 2. The molecule has 0 radical (unpaired) electrons. The standard InChI is InChI=1S/C21H24N4O4/c26-18-4-3-17(19(27)23-18)25-20(28)15-2-1-12(6-16(15)21(25)29)9-24-10-13-5-14(11-24)8-22-7-13/h1-2,6,13-14,17,22H,3-5,7-11H2,(H,23,26,27). The van der Waals surface area contributed by atoms with Gasteiger partial charge < -0.3 is 5.32 Å². The molecule has 3 saturated heterocycles. The Kier molecular flexibility index (Phi) is 4.48. The number of carbonyl (C=O) groups is 4. The van der Waals surface area contributed by atoms with E-state index in [1.54, 1.807) is 12.1 Å².